The molecule has 20 heavy (non-hydrogen) atoms. The van der Waals surface area contributed by atoms with Gasteiger partial charge in [-0.15, -0.1) is 0 Å². The highest BCUT2D eigenvalue weighted by atomic mass is 16.4. The highest BCUT2D eigenvalue weighted by Gasteiger charge is 2.47. The van der Waals surface area contributed by atoms with Crippen molar-refractivity contribution in [2.75, 3.05) is 26.7 Å². The van der Waals surface area contributed by atoms with Crippen LogP contribution in [0.2, 0.25) is 0 Å². The average Bonchev–Trinajstić information content (AvgIpc) is 2.95. The maximum Gasteiger partial charge on any atom is 0.311 e. The van der Waals surface area contributed by atoms with Crippen LogP contribution in [0.25, 0.3) is 0 Å². The summed E-state index contributed by atoms with van der Waals surface area (Å²) >= 11 is 0. The topological polar surface area (TPSA) is 77.9 Å². The van der Waals surface area contributed by atoms with Crippen LogP contribution in [-0.4, -0.2) is 59.4 Å². The lowest BCUT2D eigenvalue weighted by Gasteiger charge is -2.25. The summed E-state index contributed by atoms with van der Waals surface area (Å²) in [6.07, 6.45) is 2.15. The van der Waals surface area contributed by atoms with Crippen LogP contribution in [0.5, 0.6) is 0 Å². The van der Waals surface area contributed by atoms with Gasteiger partial charge in [-0.3, -0.25) is 14.4 Å². The van der Waals surface area contributed by atoms with E-state index in [0.29, 0.717) is 25.9 Å². The van der Waals surface area contributed by atoms with Crippen LogP contribution in [0.4, 0.5) is 0 Å². The second-order valence-electron chi connectivity index (χ2n) is 6.02. The number of carboxylic acids is 1. The maximum absolute atomic E-state index is 12.4. The van der Waals surface area contributed by atoms with Crippen molar-refractivity contribution in [1.29, 1.82) is 0 Å². The summed E-state index contributed by atoms with van der Waals surface area (Å²) in [4.78, 5) is 38.6. The third-order valence-electron chi connectivity index (χ3n) is 4.54. The van der Waals surface area contributed by atoms with Gasteiger partial charge in [0.1, 0.15) is 0 Å². The van der Waals surface area contributed by atoms with Crippen molar-refractivity contribution in [2.24, 2.45) is 11.3 Å². The van der Waals surface area contributed by atoms with Crippen molar-refractivity contribution >= 4 is 17.8 Å². The van der Waals surface area contributed by atoms with Crippen molar-refractivity contribution in [3.63, 3.8) is 0 Å². The van der Waals surface area contributed by atoms with Crippen molar-refractivity contribution < 1.29 is 19.5 Å². The molecular formula is C14H22N2O4. The van der Waals surface area contributed by atoms with Crippen LogP contribution in [-0.2, 0) is 14.4 Å². The van der Waals surface area contributed by atoms with Gasteiger partial charge in [-0.2, -0.15) is 0 Å². The van der Waals surface area contributed by atoms with Crippen LogP contribution in [0.1, 0.15) is 32.6 Å². The van der Waals surface area contributed by atoms with E-state index < -0.39 is 11.4 Å². The molecule has 0 aromatic rings. The summed E-state index contributed by atoms with van der Waals surface area (Å²) in [6, 6.07) is 0. The zero-order valence-corrected chi connectivity index (χ0v) is 12.1. The molecule has 1 N–H and O–H groups in total. The van der Waals surface area contributed by atoms with Gasteiger partial charge in [-0.25, -0.2) is 0 Å². The van der Waals surface area contributed by atoms with Crippen molar-refractivity contribution in [1.82, 2.24) is 9.80 Å². The Morgan fingerprint density at radius 2 is 2.15 bits per heavy atom. The molecule has 2 saturated heterocycles. The molecular weight excluding hydrogens is 260 g/mol. The number of carbonyl (C=O) groups is 3. The Hall–Kier alpha value is -1.59. The van der Waals surface area contributed by atoms with Crippen molar-refractivity contribution in [3.8, 4) is 0 Å². The predicted octanol–water partition coefficient (Wildman–Crippen LogP) is 0.568. The van der Waals surface area contributed by atoms with Crippen LogP contribution in [0.3, 0.4) is 0 Å². The maximum atomic E-state index is 12.4. The highest BCUT2D eigenvalue weighted by Crippen LogP contribution is 2.36. The molecule has 0 saturated carbocycles. The lowest BCUT2D eigenvalue weighted by atomic mass is 9.83. The number of carbonyl (C=O) groups excluding carboxylic acids is 2. The van der Waals surface area contributed by atoms with Crippen LogP contribution >= 0.6 is 0 Å². The number of amides is 2. The van der Waals surface area contributed by atoms with E-state index in [0.717, 1.165) is 6.42 Å². The largest absolute Gasteiger partial charge is 0.481 e. The first-order valence-corrected chi connectivity index (χ1v) is 7.16. The van der Waals surface area contributed by atoms with Gasteiger partial charge >= 0.3 is 5.97 Å². The number of likely N-dealkylation sites (tertiary alicyclic amines) is 2. The molecule has 0 aromatic carbocycles. The molecule has 6 nitrogen and oxygen atoms in total. The summed E-state index contributed by atoms with van der Waals surface area (Å²) in [6.45, 7) is 3.17. The van der Waals surface area contributed by atoms with Crippen molar-refractivity contribution in [2.45, 2.75) is 32.6 Å². The first-order chi connectivity index (χ1) is 9.39. The van der Waals surface area contributed by atoms with Gasteiger partial charge in [0.25, 0.3) is 0 Å². The van der Waals surface area contributed by atoms with Crippen LogP contribution in [0, 0.1) is 11.3 Å². The lowest BCUT2D eigenvalue weighted by Crippen LogP contribution is -2.39. The lowest BCUT2D eigenvalue weighted by molar-refractivity contribution is -0.149. The molecule has 2 amide bonds. The summed E-state index contributed by atoms with van der Waals surface area (Å²) in [5, 5.41) is 9.44. The molecule has 2 fully saturated rings. The minimum atomic E-state index is -0.811. The zero-order valence-electron chi connectivity index (χ0n) is 12.1. The Morgan fingerprint density at radius 1 is 1.45 bits per heavy atom. The number of hydrogen-bond acceptors (Lipinski definition) is 3. The van der Waals surface area contributed by atoms with Gasteiger partial charge in [-0.1, -0.05) is 13.3 Å². The van der Waals surface area contributed by atoms with E-state index in [2.05, 4.69) is 0 Å². The third kappa shape index (κ3) is 2.51. The Kier molecular flexibility index (Phi) is 4.01. The molecule has 2 rings (SSSR count). The van der Waals surface area contributed by atoms with E-state index in [1.807, 2.05) is 6.92 Å². The minimum Gasteiger partial charge on any atom is -0.481 e. The van der Waals surface area contributed by atoms with Crippen LogP contribution in [0.15, 0.2) is 0 Å². The summed E-state index contributed by atoms with van der Waals surface area (Å²) < 4.78 is 0. The standard InChI is InChI=1S/C14H22N2O4/c1-3-4-14(13(19)20)5-6-16(9-14)12(18)10-7-11(17)15(2)8-10/h10H,3-9H2,1-2H3,(H,19,20). The molecule has 112 valence electrons. The molecule has 2 unspecified atom stereocenters. The quantitative estimate of drug-likeness (QED) is 0.817. The molecule has 2 atom stereocenters. The monoisotopic (exact) mass is 282 g/mol. The summed E-state index contributed by atoms with van der Waals surface area (Å²) in [5.74, 6) is -1.20. The molecule has 0 radical (unpaired) electrons. The van der Waals surface area contributed by atoms with Gasteiger partial charge < -0.3 is 14.9 Å². The molecule has 2 aliphatic heterocycles. The SMILES string of the molecule is CCCC1(C(=O)O)CCN(C(=O)C2CC(=O)N(C)C2)C1. The molecule has 0 bridgehead atoms. The third-order valence-corrected chi connectivity index (χ3v) is 4.54. The van der Waals surface area contributed by atoms with Crippen molar-refractivity contribution in [3.05, 3.63) is 0 Å². The van der Waals surface area contributed by atoms with Gasteiger partial charge in [0.15, 0.2) is 0 Å². The van der Waals surface area contributed by atoms with E-state index in [9.17, 15) is 19.5 Å². The Bertz CT molecular complexity index is 437. The van der Waals surface area contributed by atoms with Gasteiger partial charge in [0.2, 0.25) is 11.8 Å². The van der Waals surface area contributed by atoms with E-state index >= 15 is 0 Å². The van der Waals surface area contributed by atoms with Gasteiger partial charge in [-0.05, 0) is 12.8 Å². The fourth-order valence-electron chi connectivity index (χ4n) is 3.31. The number of rotatable bonds is 4. The van der Waals surface area contributed by atoms with Gasteiger partial charge in [0, 0.05) is 33.1 Å². The fraction of sp³-hybridized carbons (Fsp3) is 0.786. The fourth-order valence-corrected chi connectivity index (χ4v) is 3.31. The van der Waals surface area contributed by atoms with E-state index in [-0.39, 0.29) is 30.7 Å². The first kappa shape index (κ1) is 14.8. The van der Waals surface area contributed by atoms with E-state index in [1.165, 1.54) is 0 Å². The molecule has 0 aliphatic carbocycles. The van der Waals surface area contributed by atoms with E-state index in [4.69, 9.17) is 0 Å². The zero-order chi connectivity index (χ0) is 14.9. The highest BCUT2D eigenvalue weighted by molar-refractivity contribution is 5.90. The molecule has 0 spiro atoms. The number of hydrogen-bond donors (Lipinski definition) is 1. The first-order valence-electron chi connectivity index (χ1n) is 7.16. The minimum absolute atomic E-state index is 0.0133. The second kappa shape index (κ2) is 5.42. The molecule has 2 aliphatic rings. The van der Waals surface area contributed by atoms with Crippen LogP contribution < -0.4 is 0 Å². The predicted molar refractivity (Wildman–Crippen MR) is 71.9 cm³/mol. The smallest absolute Gasteiger partial charge is 0.311 e. The number of carboxylic acid groups (broad SMARTS) is 1. The Morgan fingerprint density at radius 3 is 2.65 bits per heavy atom. The van der Waals surface area contributed by atoms with Gasteiger partial charge in [0.05, 0.1) is 11.3 Å². The normalized spacial score (nSPS) is 30.1. The second-order valence-corrected chi connectivity index (χ2v) is 6.02. The molecule has 6 heteroatoms. The molecule has 0 aromatic heterocycles. The summed E-state index contributed by atoms with van der Waals surface area (Å²) in [5.41, 5.74) is -0.793. The Balaban J connectivity index is 2.03. The van der Waals surface area contributed by atoms with E-state index in [1.54, 1.807) is 16.8 Å². The average molecular weight is 282 g/mol. The Labute approximate surface area is 118 Å². The number of aliphatic carboxylic acids is 1. The number of nitrogens with zero attached hydrogens (tertiary/aromatic N) is 2. The molecule has 2 heterocycles. The summed E-state index contributed by atoms with van der Waals surface area (Å²) in [7, 11) is 1.69.